The summed E-state index contributed by atoms with van der Waals surface area (Å²) in [6, 6.07) is -0.473. The normalized spacial score (nSPS) is 18.7. The van der Waals surface area contributed by atoms with Crippen molar-refractivity contribution >= 4 is 17.8 Å². The largest absolute Gasteiger partial charge is 0.388 e. The highest BCUT2D eigenvalue weighted by atomic mass is 16.3. The van der Waals surface area contributed by atoms with Crippen molar-refractivity contribution in [3.8, 4) is 0 Å². The summed E-state index contributed by atoms with van der Waals surface area (Å²) >= 11 is 0. The summed E-state index contributed by atoms with van der Waals surface area (Å²) < 4.78 is 0. The number of imide groups is 1. The molecule has 1 saturated heterocycles. The number of nitrogens with zero attached hydrogens (tertiary/aromatic N) is 2. The third-order valence-electron chi connectivity index (χ3n) is 3.05. The monoisotopic (exact) mass is 285 g/mol. The minimum atomic E-state index is -1.00. The van der Waals surface area contributed by atoms with E-state index in [0.29, 0.717) is 12.3 Å². The Morgan fingerprint density at radius 3 is 2.50 bits per heavy atom. The fourth-order valence-corrected chi connectivity index (χ4v) is 2.26. The van der Waals surface area contributed by atoms with E-state index in [1.54, 1.807) is 6.92 Å². The first-order chi connectivity index (χ1) is 9.12. The molecule has 0 radical (unpaired) electrons. The van der Waals surface area contributed by atoms with Gasteiger partial charge in [0.15, 0.2) is 0 Å². The third kappa shape index (κ3) is 4.48. The highest BCUT2D eigenvalue weighted by Gasteiger charge is 2.35. The fourth-order valence-electron chi connectivity index (χ4n) is 2.26. The Labute approximate surface area is 118 Å². The van der Waals surface area contributed by atoms with Gasteiger partial charge in [-0.15, -0.1) is 0 Å². The number of carbonyl (C=O) groups is 3. The molecule has 4 amide bonds. The predicted molar refractivity (Wildman–Crippen MR) is 72.8 cm³/mol. The molecule has 0 aromatic carbocycles. The zero-order valence-electron chi connectivity index (χ0n) is 12.5. The van der Waals surface area contributed by atoms with Gasteiger partial charge in [-0.1, -0.05) is 13.8 Å². The first-order valence-electron chi connectivity index (χ1n) is 6.67. The number of hydrogen-bond donors (Lipinski definition) is 2. The van der Waals surface area contributed by atoms with Crippen LogP contribution in [0, 0.1) is 5.92 Å². The number of hydrogen-bond acceptors (Lipinski definition) is 4. The fraction of sp³-hybridized carbons (Fsp3) is 0.769. The highest BCUT2D eigenvalue weighted by Crippen LogP contribution is 2.15. The van der Waals surface area contributed by atoms with Crippen molar-refractivity contribution in [1.29, 1.82) is 0 Å². The molecule has 2 N–H and O–H groups in total. The second-order valence-corrected chi connectivity index (χ2v) is 5.99. The van der Waals surface area contributed by atoms with E-state index in [2.05, 4.69) is 5.32 Å². The van der Waals surface area contributed by atoms with E-state index in [0.717, 1.165) is 4.90 Å². The molecule has 1 fully saturated rings. The summed E-state index contributed by atoms with van der Waals surface area (Å²) in [5.74, 6) is -0.537. The second kappa shape index (κ2) is 6.21. The summed E-state index contributed by atoms with van der Waals surface area (Å²) in [4.78, 5) is 37.0. The molecule has 0 aromatic rings. The summed E-state index contributed by atoms with van der Waals surface area (Å²) in [5.41, 5.74) is -1.00. The van der Waals surface area contributed by atoms with Crippen molar-refractivity contribution in [3.05, 3.63) is 0 Å². The SMILES string of the molecule is CC(C)CC(C)(O)CNC(=O)CN1C(=O)CN(C)C1=O. The zero-order chi connectivity index (χ0) is 15.5. The molecule has 0 bridgehead atoms. The van der Waals surface area contributed by atoms with Crippen molar-refractivity contribution < 1.29 is 19.5 Å². The molecule has 7 nitrogen and oxygen atoms in total. The molecule has 1 rings (SSSR count). The molecule has 0 saturated carbocycles. The van der Waals surface area contributed by atoms with E-state index >= 15 is 0 Å². The van der Waals surface area contributed by atoms with Crippen molar-refractivity contribution in [1.82, 2.24) is 15.1 Å². The van der Waals surface area contributed by atoms with Crippen LogP contribution in [0.3, 0.4) is 0 Å². The number of urea groups is 1. The average Bonchev–Trinajstić information content (AvgIpc) is 2.52. The van der Waals surface area contributed by atoms with E-state index in [9.17, 15) is 19.5 Å². The predicted octanol–water partition coefficient (Wildman–Crippen LogP) is -0.206. The summed E-state index contributed by atoms with van der Waals surface area (Å²) in [6.45, 7) is 5.39. The Morgan fingerprint density at radius 1 is 1.45 bits per heavy atom. The minimum Gasteiger partial charge on any atom is -0.388 e. The summed E-state index contributed by atoms with van der Waals surface area (Å²) in [7, 11) is 1.51. The lowest BCUT2D eigenvalue weighted by Gasteiger charge is -2.26. The number of likely N-dealkylation sites (N-methyl/N-ethyl adjacent to an activating group) is 1. The third-order valence-corrected chi connectivity index (χ3v) is 3.05. The summed E-state index contributed by atoms with van der Waals surface area (Å²) in [6.07, 6.45) is 0.553. The van der Waals surface area contributed by atoms with E-state index in [-0.39, 0.29) is 25.5 Å². The van der Waals surface area contributed by atoms with Gasteiger partial charge in [0.05, 0.1) is 5.60 Å². The molecule has 7 heteroatoms. The first kappa shape index (κ1) is 16.4. The zero-order valence-corrected chi connectivity index (χ0v) is 12.5. The molecule has 0 spiro atoms. The maximum atomic E-state index is 11.7. The Kier molecular flexibility index (Phi) is 5.10. The molecule has 1 atom stereocenters. The topological polar surface area (TPSA) is 89.9 Å². The van der Waals surface area contributed by atoms with Crippen LogP contribution in [0.1, 0.15) is 27.2 Å². The lowest BCUT2D eigenvalue weighted by molar-refractivity contribution is -0.131. The molecule has 1 heterocycles. The lowest BCUT2D eigenvalue weighted by Crippen LogP contribution is -2.46. The summed E-state index contributed by atoms with van der Waals surface area (Å²) in [5, 5.41) is 12.6. The van der Waals surface area contributed by atoms with E-state index in [4.69, 9.17) is 0 Å². The van der Waals surface area contributed by atoms with Crippen molar-refractivity contribution in [2.45, 2.75) is 32.8 Å². The smallest absolute Gasteiger partial charge is 0.327 e. The molecule has 1 aliphatic rings. The van der Waals surface area contributed by atoms with Crippen molar-refractivity contribution in [3.63, 3.8) is 0 Å². The number of aliphatic hydroxyl groups is 1. The quantitative estimate of drug-likeness (QED) is 0.661. The van der Waals surface area contributed by atoms with E-state index in [1.165, 1.54) is 11.9 Å². The molecule has 1 unspecified atom stereocenters. The maximum absolute atomic E-state index is 11.7. The van der Waals surface area contributed by atoms with Gasteiger partial charge in [-0.3, -0.25) is 14.5 Å². The number of amides is 4. The van der Waals surface area contributed by atoms with Gasteiger partial charge in [-0.2, -0.15) is 0 Å². The number of rotatable bonds is 6. The van der Waals surface area contributed by atoms with Crippen LogP contribution in [0.4, 0.5) is 4.79 Å². The highest BCUT2D eigenvalue weighted by molar-refractivity contribution is 6.04. The van der Waals surface area contributed by atoms with E-state index in [1.807, 2.05) is 13.8 Å². The Morgan fingerprint density at radius 2 is 2.05 bits per heavy atom. The molecule has 0 aromatic heterocycles. The first-order valence-corrected chi connectivity index (χ1v) is 6.67. The van der Waals surface area contributed by atoms with Gasteiger partial charge in [-0.05, 0) is 19.3 Å². The molecular formula is C13H23N3O4. The second-order valence-electron chi connectivity index (χ2n) is 5.99. The maximum Gasteiger partial charge on any atom is 0.327 e. The minimum absolute atomic E-state index is 0.00280. The number of nitrogens with one attached hydrogen (secondary N) is 1. The van der Waals surface area contributed by atoms with Crippen LogP contribution in [-0.2, 0) is 9.59 Å². The van der Waals surface area contributed by atoms with Gasteiger partial charge >= 0.3 is 6.03 Å². The van der Waals surface area contributed by atoms with Crippen LogP contribution < -0.4 is 5.32 Å². The van der Waals surface area contributed by atoms with Crippen LogP contribution in [0.5, 0.6) is 0 Å². The van der Waals surface area contributed by atoms with Gasteiger partial charge in [0.25, 0.3) is 5.91 Å². The Balaban J connectivity index is 2.45. The Hall–Kier alpha value is -1.63. The van der Waals surface area contributed by atoms with Gasteiger partial charge in [0, 0.05) is 13.6 Å². The molecular weight excluding hydrogens is 262 g/mol. The standard InChI is InChI=1S/C13H23N3O4/c1-9(2)5-13(3,20)8-14-10(17)6-16-11(18)7-15(4)12(16)19/h9,20H,5-8H2,1-4H3,(H,14,17). The molecule has 1 aliphatic heterocycles. The van der Waals surface area contributed by atoms with Crippen LogP contribution in [0.2, 0.25) is 0 Å². The molecule has 0 aliphatic carbocycles. The molecule has 114 valence electrons. The van der Waals surface area contributed by atoms with Crippen molar-refractivity contribution in [2.24, 2.45) is 5.92 Å². The van der Waals surface area contributed by atoms with Crippen LogP contribution in [0.25, 0.3) is 0 Å². The van der Waals surface area contributed by atoms with E-state index < -0.39 is 17.5 Å². The van der Waals surface area contributed by atoms with Gasteiger partial charge in [-0.25, -0.2) is 4.79 Å². The Bertz CT molecular complexity index is 406. The van der Waals surface area contributed by atoms with Crippen LogP contribution >= 0.6 is 0 Å². The van der Waals surface area contributed by atoms with Crippen molar-refractivity contribution in [2.75, 3.05) is 26.7 Å². The lowest BCUT2D eigenvalue weighted by atomic mass is 9.94. The van der Waals surface area contributed by atoms with Gasteiger partial charge in [0.2, 0.25) is 5.91 Å². The van der Waals surface area contributed by atoms with Gasteiger partial charge < -0.3 is 15.3 Å². The number of carbonyl (C=O) groups excluding carboxylic acids is 3. The van der Waals surface area contributed by atoms with Crippen LogP contribution in [-0.4, -0.2) is 65.0 Å². The average molecular weight is 285 g/mol. The van der Waals surface area contributed by atoms with Gasteiger partial charge in [0.1, 0.15) is 13.1 Å². The molecule has 20 heavy (non-hydrogen) atoms. The van der Waals surface area contributed by atoms with Crippen LogP contribution in [0.15, 0.2) is 0 Å².